The molecule has 1 heterocycles. The van der Waals surface area contributed by atoms with Crippen LogP contribution in [0.4, 0.5) is 5.69 Å². The molecule has 0 aliphatic rings. The van der Waals surface area contributed by atoms with Gasteiger partial charge >= 0.3 is 0 Å². The number of anilines is 1. The van der Waals surface area contributed by atoms with Crippen LogP contribution in [0.5, 0.6) is 5.75 Å². The van der Waals surface area contributed by atoms with Crippen molar-refractivity contribution in [3.05, 3.63) is 84.2 Å². The number of amides is 1. The molecule has 152 valence electrons. The van der Waals surface area contributed by atoms with Crippen molar-refractivity contribution in [1.82, 2.24) is 9.55 Å². The van der Waals surface area contributed by atoms with Crippen molar-refractivity contribution in [1.29, 1.82) is 0 Å². The van der Waals surface area contributed by atoms with Gasteiger partial charge in [0.05, 0.1) is 18.1 Å². The van der Waals surface area contributed by atoms with Crippen LogP contribution in [0, 0.1) is 0 Å². The van der Waals surface area contributed by atoms with E-state index in [-0.39, 0.29) is 12.5 Å². The fourth-order valence-electron chi connectivity index (χ4n) is 3.41. The number of hydrogen-bond acceptors (Lipinski definition) is 4. The van der Waals surface area contributed by atoms with Crippen LogP contribution in [0.2, 0.25) is 0 Å². The van der Waals surface area contributed by atoms with Crippen molar-refractivity contribution < 1.29 is 9.53 Å². The van der Waals surface area contributed by atoms with Crippen LogP contribution in [0.15, 0.2) is 77.7 Å². The summed E-state index contributed by atoms with van der Waals surface area (Å²) in [5, 5.41) is 3.01. The number of nitrogens with zero attached hydrogens (tertiary/aromatic N) is 2. The minimum atomic E-state index is -0.0765. The Morgan fingerprint density at radius 1 is 1.07 bits per heavy atom. The molecule has 4 aromatic rings. The first-order valence-electron chi connectivity index (χ1n) is 9.67. The number of fused-ring (bicyclic) bond motifs is 1. The zero-order valence-corrected chi connectivity index (χ0v) is 17.8. The smallest absolute Gasteiger partial charge is 0.244 e. The standard InChI is InChI=1S/C24H23N3O2S/c1-29-19-12-10-17(11-13-19)14-23-26-21-8-3-4-9-22(21)27(23)16-24(28)25-18-6-5-7-20(15-18)30-2/h3-13,15H,14,16H2,1-2H3,(H,25,28). The second-order valence-corrected chi connectivity index (χ2v) is 7.79. The largest absolute Gasteiger partial charge is 0.497 e. The molecule has 5 nitrogen and oxygen atoms in total. The van der Waals surface area contributed by atoms with Gasteiger partial charge in [0.25, 0.3) is 0 Å². The number of nitrogens with one attached hydrogen (secondary N) is 1. The number of hydrogen-bond donors (Lipinski definition) is 1. The summed E-state index contributed by atoms with van der Waals surface area (Å²) in [6.45, 7) is 0.204. The van der Waals surface area contributed by atoms with Gasteiger partial charge in [-0.25, -0.2) is 4.98 Å². The number of aromatic nitrogens is 2. The number of thioether (sulfide) groups is 1. The highest BCUT2D eigenvalue weighted by atomic mass is 32.2. The van der Waals surface area contributed by atoms with Crippen LogP contribution in [0.25, 0.3) is 11.0 Å². The minimum absolute atomic E-state index is 0.0765. The van der Waals surface area contributed by atoms with Gasteiger partial charge < -0.3 is 14.6 Å². The molecule has 0 unspecified atom stereocenters. The average Bonchev–Trinajstić information content (AvgIpc) is 3.11. The van der Waals surface area contributed by atoms with Gasteiger partial charge in [-0.15, -0.1) is 11.8 Å². The summed E-state index contributed by atoms with van der Waals surface area (Å²) < 4.78 is 7.23. The Kier molecular flexibility index (Phi) is 6.05. The fraction of sp³-hybridized carbons (Fsp3) is 0.167. The first-order chi connectivity index (χ1) is 14.7. The number of imidazole rings is 1. The monoisotopic (exact) mass is 417 g/mol. The van der Waals surface area contributed by atoms with Crippen LogP contribution in [-0.2, 0) is 17.8 Å². The molecule has 0 aliphatic carbocycles. The molecule has 3 aromatic carbocycles. The summed E-state index contributed by atoms with van der Waals surface area (Å²) in [5.41, 5.74) is 3.75. The molecule has 0 saturated heterocycles. The lowest BCUT2D eigenvalue weighted by molar-refractivity contribution is -0.116. The molecule has 4 rings (SSSR count). The number of rotatable bonds is 7. The zero-order chi connectivity index (χ0) is 20.9. The minimum Gasteiger partial charge on any atom is -0.497 e. The van der Waals surface area contributed by atoms with Crippen molar-refractivity contribution in [2.24, 2.45) is 0 Å². The van der Waals surface area contributed by atoms with E-state index in [1.165, 1.54) is 0 Å². The maximum absolute atomic E-state index is 12.8. The van der Waals surface area contributed by atoms with Gasteiger partial charge in [-0.1, -0.05) is 30.3 Å². The molecule has 6 heteroatoms. The predicted octanol–water partition coefficient (Wildman–Crippen LogP) is 5.00. The lowest BCUT2D eigenvalue weighted by Gasteiger charge is -2.11. The fourth-order valence-corrected chi connectivity index (χ4v) is 3.87. The number of benzene rings is 3. The number of carbonyl (C=O) groups is 1. The SMILES string of the molecule is COc1ccc(Cc2nc3ccccc3n2CC(=O)Nc2cccc(SC)c2)cc1. The summed E-state index contributed by atoms with van der Waals surface area (Å²) in [7, 11) is 1.65. The van der Waals surface area contributed by atoms with E-state index in [0.717, 1.165) is 38.8 Å². The Morgan fingerprint density at radius 3 is 2.63 bits per heavy atom. The van der Waals surface area contributed by atoms with Crippen LogP contribution in [0.3, 0.4) is 0 Å². The van der Waals surface area contributed by atoms with Crippen molar-refractivity contribution >= 4 is 34.4 Å². The molecule has 0 bridgehead atoms. The van der Waals surface area contributed by atoms with E-state index in [9.17, 15) is 4.79 Å². The summed E-state index contributed by atoms with van der Waals surface area (Å²) >= 11 is 1.65. The molecular formula is C24H23N3O2S. The Morgan fingerprint density at radius 2 is 1.87 bits per heavy atom. The first kappa shape index (κ1) is 20.0. The molecule has 1 aromatic heterocycles. The number of carbonyl (C=O) groups excluding carboxylic acids is 1. The quantitative estimate of drug-likeness (QED) is 0.430. The van der Waals surface area contributed by atoms with E-state index in [1.54, 1.807) is 18.9 Å². The van der Waals surface area contributed by atoms with Crippen LogP contribution in [0.1, 0.15) is 11.4 Å². The van der Waals surface area contributed by atoms with Gasteiger partial charge in [-0.05, 0) is 54.3 Å². The summed E-state index contributed by atoms with van der Waals surface area (Å²) in [5.74, 6) is 1.60. The van der Waals surface area contributed by atoms with Gasteiger partial charge in [0, 0.05) is 17.0 Å². The molecule has 0 saturated carbocycles. The van der Waals surface area contributed by atoms with E-state index in [0.29, 0.717) is 6.42 Å². The maximum atomic E-state index is 12.8. The molecule has 0 aliphatic heterocycles. The Balaban J connectivity index is 1.59. The summed E-state index contributed by atoms with van der Waals surface area (Å²) in [6, 6.07) is 23.7. The summed E-state index contributed by atoms with van der Waals surface area (Å²) in [6.07, 6.45) is 2.65. The third-order valence-corrected chi connectivity index (χ3v) is 5.64. The topological polar surface area (TPSA) is 56.2 Å². The lowest BCUT2D eigenvalue weighted by atomic mass is 10.1. The van der Waals surface area contributed by atoms with Crippen LogP contribution < -0.4 is 10.1 Å². The predicted molar refractivity (Wildman–Crippen MR) is 122 cm³/mol. The van der Waals surface area contributed by atoms with Crippen molar-refractivity contribution in [2.75, 3.05) is 18.7 Å². The number of methoxy groups -OCH3 is 1. The first-order valence-corrected chi connectivity index (χ1v) is 10.9. The van der Waals surface area contributed by atoms with Gasteiger partial charge in [0.2, 0.25) is 5.91 Å². The van der Waals surface area contributed by atoms with E-state index < -0.39 is 0 Å². The molecule has 0 radical (unpaired) electrons. The third-order valence-electron chi connectivity index (χ3n) is 4.91. The molecule has 30 heavy (non-hydrogen) atoms. The van der Waals surface area contributed by atoms with E-state index >= 15 is 0 Å². The molecule has 0 fully saturated rings. The molecule has 1 N–H and O–H groups in total. The van der Waals surface area contributed by atoms with Gasteiger partial charge in [0.15, 0.2) is 0 Å². The highest BCUT2D eigenvalue weighted by molar-refractivity contribution is 7.98. The highest BCUT2D eigenvalue weighted by Crippen LogP contribution is 2.22. The van der Waals surface area contributed by atoms with Gasteiger partial charge in [-0.2, -0.15) is 0 Å². The Hall–Kier alpha value is -3.25. The van der Waals surface area contributed by atoms with Gasteiger partial charge in [0.1, 0.15) is 18.1 Å². The zero-order valence-electron chi connectivity index (χ0n) is 17.0. The third kappa shape index (κ3) is 4.49. The molecule has 0 atom stereocenters. The molecule has 0 spiro atoms. The Bertz CT molecular complexity index is 1170. The lowest BCUT2D eigenvalue weighted by Crippen LogP contribution is -2.20. The van der Waals surface area contributed by atoms with Crippen molar-refractivity contribution in [3.63, 3.8) is 0 Å². The second-order valence-electron chi connectivity index (χ2n) is 6.91. The summed E-state index contributed by atoms with van der Waals surface area (Å²) in [4.78, 5) is 18.7. The van der Waals surface area contributed by atoms with E-state index in [1.807, 2.05) is 83.6 Å². The second kappa shape index (κ2) is 9.05. The molecular weight excluding hydrogens is 394 g/mol. The van der Waals surface area contributed by atoms with Crippen LogP contribution in [-0.4, -0.2) is 28.8 Å². The maximum Gasteiger partial charge on any atom is 0.244 e. The number of para-hydroxylation sites is 2. The van der Waals surface area contributed by atoms with E-state index in [4.69, 9.17) is 9.72 Å². The molecule has 1 amide bonds. The van der Waals surface area contributed by atoms with Crippen molar-refractivity contribution in [2.45, 2.75) is 17.9 Å². The highest BCUT2D eigenvalue weighted by Gasteiger charge is 2.14. The van der Waals surface area contributed by atoms with Crippen LogP contribution >= 0.6 is 11.8 Å². The normalized spacial score (nSPS) is 10.9. The van der Waals surface area contributed by atoms with E-state index in [2.05, 4.69) is 5.32 Å². The Labute approximate surface area is 180 Å². The number of ether oxygens (including phenoxy) is 1. The van der Waals surface area contributed by atoms with Gasteiger partial charge in [-0.3, -0.25) is 4.79 Å². The average molecular weight is 418 g/mol. The van der Waals surface area contributed by atoms with Crippen molar-refractivity contribution in [3.8, 4) is 5.75 Å².